The van der Waals surface area contributed by atoms with Crippen LogP contribution in [-0.2, 0) is 11.3 Å². The van der Waals surface area contributed by atoms with E-state index in [2.05, 4.69) is 5.16 Å². The molecule has 1 unspecified atom stereocenters. The predicted octanol–water partition coefficient (Wildman–Crippen LogP) is 3.97. The molecule has 1 aliphatic rings. The molecule has 2 aromatic heterocycles. The summed E-state index contributed by atoms with van der Waals surface area (Å²) in [5, 5.41) is 4.02. The summed E-state index contributed by atoms with van der Waals surface area (Å²) in [6, 6.07) is 11.3. The third-order valence-electron chi connectivity index (χ3n) is 5.66. The fourth-order valence-corrected chi connectivity index (χ4v) is 3.94. The van der Waals surface area contributed by atoms with Gasteiger partial charge in [0, 0.05) is 24.3 Å². The number of anilines is 1. The van der Waals surface area contributed by atoms with Crippen molar-refractivity contribution in [3.63, 3.8) is 0 Å². The van der Waals surface area contributed by atoms with Gasteiger partial charge < -0.3 is 18.7 Å². The second-order valence-corrected chi connectivity index (χ2v) is 7.67. The van der Waals surface area contributed by atoms with Crippen LogP contribution in [0.5, 0.6) is 0 Å². The van der Waals surface area contributed by atoms with Crippen LogP contribution in [0, 0.1) is 19.8 Å². The first-order valence-corrected chi connectivity index (χ1v) is 10.1. The van der Waals surface area contributed by atoms with Crippen molar-refractivity contribution in [3.05, 3.63) is 71.5 Å². The van der Waals surface area contributed by atoms with Gasteiger partial charge in [-0.2, -0.15) is 0 Å². The number of piperidine rings is 1. The summed E-state index contributed by atoms with van der Waals surface area (Å²) in [6.45, 7) is 5.16. The maximum Gasteiger partial charge on any atom is 0.257 e. The van der Waals surface area contributed by atoms with Crippen LogP contribution in [-0.4, -0.2) is 35.0 Å². The van der Waals surface area contributed by atoms with Crippen LogP contribution in [0.4, 0.5) is 5.69 Å². The third kappa shape index (κ3) is 4.01. The van der Waals surface area contributed by atoms with Crippen molar-refractivity contribution in [2.75, 3.05) is 18.0 Å². The summed E-state index contributed by atoms with van der Waals surface area (Å²) in [4.78, 5) is 29.9. The minimum atomic E-state index is -0.268. The summed E-state index contributed by atoms with van der Waals surface area (Å²) in [7, 11) is 0. The van der Waals surface area contributed by atoms with Crippen LogP contribution >= 0.6 is 0 Å². The fourth-order valence-electron chi connectivity index (χ4n) is 3.94. The number of benzene rings is 1. The average Bonchev–Trinajstić information content (AvgIpc) is 3.42. The Kier molecular flexibility index (Phi) is 5.70. The van der Waals surface area contributed by atoms with Gasteiger partial charge in [0.2, 0.25) is 5.91 Å². The summed E-state index contributed by atoms with van der Waals surface area (Å²) in [5.41, 5.74) is 3.02. The van der Waals surface area contributed by atoms with Crippen molar-refractivity contribution in [2.24, 2.45) is 5.92 Å². The van der Waals surface area contributed by atoms with Gasteiger partial charge in [-0.15, -0.1) is 0 Å². The van der Waals surface area contributed by atoms with E-state index in [1.165, 1.54) is 12.5 Å². The zero-order chi connectivity index (χ0) is 21.1. The number of aromatic nitrogens is 1. The molecule has 3 heterocycles. The lowest BCUT2D eigenvalue weighted by atomic mass is 9.95. The second kappa shape index (κ2) is 8.57. The van der Waals surface area contributed by atoms with Crippen LogP contribution < -0.4 is 4.90 Å². The molecular weight excluding hydrogens is 382 g/mol. The smallest absolute Gasteiger partial charge is 0.257 e. The van der Waals surface area contributed by atoms with E-state index in [4.69, 9.17) is 8.94 Å². The van der Waals surface area contributed by atoms with Gasteiger partial charge in [-0.25, -0.2) is 0 Å². The van der Waals surface area contributed by atoms with Crippen LogP contribution in [0.25, 0.3) is 0 Å². The standard InChI is InChI=1S/C23H25N3O4/c1-16-21(17(2)30-24-16)14-26(20-8-4-3-5-9-20)23(28)18-7-6-11-25(13-18)22(27)19-10-12-29-15-19/h3-5,8-10,12,15,18H,6-7,11,13-14H2,1-2H3. The number of carbonyl (C=O) groups excluding carboxylic acids is 2. The van der Waals surface area contributed by atoms with E-state index >= 15 is 0 Å². The highest BCUT2D eigenvalue weighted by atomic mass is 16.5. The number of furan rings is 1. The van der Waals surface area contributed by atoms with Gasteiger partial charge in [-0.1, -0.05) is 23.4 Å². The van der Waals surface area contributed by atoms with E-state index in [1.807, 2.05) is 44.2 Å². The van der Waals surface area contributed by atoms with Gasteiger partial charge >= 0.3 is 0 Å². The van der Waals surface area contributed by atoms with E-state index in [0.29, 0.717) is 31.0 Å². The van der Waals surface area contributed by atoms with E-state index in [9.17, 15) is 9.59 Å². The molecule has 2 amide bonds. The largest absolute Gasteiger partial charge is 0.472 e. The fraction of sp³-hybridized carbons (Fsp3) is 0.348. The Balaban J connectivity index is 1.57. The highest BCUT2D eigenvalue weighted by molar-refractivity contribution is 5.97. The maximum atomic E-state index is 13.6. The Morgan fingerprint density at radius 3 is 2.67 bits per heavy atom. The van der Waals surface area contributed by atoms with Gasteiger partial charge in [-0.05, 0) is 44.9 Å². The number of carbonyl (C=O) groups is 2. The Morgan fingerprint density at radius 2 is 2.00 bits per heavy atom. The van der Waals surface area contributed by atoms with Crippen molar-refractivity contribution >= 4 is 17.5 Å². The van der Waals surface area contributed by atoms with Crippen molar-refractivity contribution in [2.45, 2.75) is 33.2 Å². The maximum absolute atomic E-state index is 13.6. The molecule has 156 valence electrons. The predicted molar refractivity (Wildman–Crippen MR) is 111 cm³/mol. The van der Waals surface area contributed by atoms with Gasteiger partial charge in [0.25, 0.3) is 5.91 Å². The van der Waals surface area contributed by atoms with E-state index in [0.717, 1.165) is 29.8 Å². The van der Waals surface area contributed by atoms with Gasteiger partial charge in [0.1, 0.15) is 12.0 Å². The van der Waals surface area contributed by atoms with E-state index < -0.39 is 0 Å². The number of amides is 2. The quantitative estimate of drug-likeness (QED) is 0.639. The van der Waals surface area contributed by atoms with Gasteiger partial charge in [0.05, 0.1) is 30.0 Å². The van der Waals surface area contributed by atoms with Crippen molar-refractivity contribution in [3.8, 4) is 0 Å². The van der Waals surface area contributed by atoms with E-state index in [1.54, 1.807) is 15.9 Å². The molecule has 7 heteroatoms. The lowest BCUT2D eigenvalue weighted by Gasteiger charge is -2.35. The summed E-state index contributed by atoms with van der Waals surface area (Å²) in [5.74, 6) is 0.348. The van der Waals surface area contributed by atoms with Crippen LogP contribution in [0.1, 0.15) is 40.2 Å². The molecule has 0 bridgehead atoms. The molecule has 0 aliphatic carbocycles. The van der Waals surface area contributed by atoms with Gasteiger partial charge in [0.15, 0.2) is 0 Å². The summed E-state index contributed by atoms with van der Waals surface area (Å²) < 4.78 is 10.3. The zero-order valence-electron chi connectivity index (χ0n) is 17.2. The summed E-state index contributed by atoms with van der Waals surface area (Å²) in [6.07, 6.45) is 4.47. The van der Waals surface area contributed by atoms with Crippen LogP contribution in [0.15, 0.2) is 57.9 Å². The number of hydrogen-bond acceptors (Lipinski definition) is 5. The highest BCUT2D eigenvalue weighted by Crippen LogP contribution is 2.27. The SMILES string of the molecule is Cc1noc(C)c1CN(C(=O)C1CCCN(C(=O)c2ccoc2)C1)c1ccccc1. The summed E-state index contributed by atoms with van der Waals surface area (Å²) >= 11 is 0. The molecule has 0 saturated carbocycles. The second-order valence-electron chi connectivity index (χ2n) is 7.67. The first-order valence-electron chi connectivity index (χ1n) is 10.1. The van der Waals surface area contributed by atoms with Crippen molar-refractivity contribution < 1.29 is 18.5 Å². The molecule has 7 nitrogen and oxygen atoms in total. The number of para-hydroxylation sites is 1. The lowest BCUT2D eigenvalue weighted by molar-refractivity contribution is -0.123. The average molecular weight is 407 g/mol. The number of nitrogens with zero attached hydrogens (tertiary/aromatic N) is 3. The molecule has 0 N–H and O–H groups in total. The molecule has 1 atom stereocenters. The van der Waals surface area contributed by atoms with Crippen molar-refractivity contribution in [1.82, 2.24) is 10.1 Å². The Labute approximate surface area is 175 Å². The molecule has 1 saturated heterocycles. The monoisotopic (exact) mass is 407 g/mol. The molecular formula is C23H25N3O4. The number of aryl methyl sites for hydroxylation is 2. The van der Waals surface area contributed by atoms with Crippen LogP contribution in [0.2, 0.25) is 0 Å². The molecule has 1 aliphatic heterocycles. The topological polar surface area (TPSA) is 79.8 Å². The molecule has 30 heavy (non-hydrogen) atoms. The number of rotatable bonds is 5. The highest BCUT2D eigenvalue weighted by Gasteiger charge is 2.33. The number of hydrogen-bond donors (Lipinski definition) is 0. The van der Waals surface area contributed by atoms with E-state index in [-0.39, 0.29) is 17.7 Å². The van der Waals surface area contributed by atoms with Crippen LogP contribution in [0.3, 0.4) is 0 Å². The normalized spacial score (nSPS) is 16.5. The van der Waals surface area contributed by atoms with Crippen molar-refractivity contribution in [1.29, 1.82) is 0 Å². The first-order chi connectivity index (χ1) is 14.5. The number of likely N-dealkylation sites (tertiary alicyclic amines) is 1. The Bertz CT molecular complexity index is 991. The minimum absolute atomic E-state index is 0.00546. The molecule has 0 radical (unpaired) electrons. The molecule has 1 fully saturated rings. The Hall–Kier alpha value is -3.35. The first kappa shape index (κ1) is 19.9. The Morgan fingerprint density at radius 1 is 1.20 bits per heavy atom. The van der Waals surface area contributed by atoms with Gasteiger partial charge in [-0.3, -0.25) is 9.59 Å². The molecule has 0 spiro atoms. The zero-order valence-corrected chi connectivity index (χ0v) is 17.2. The third-order valence-corrected chi connectivity index (χ3v) is 5.66. The molecule has 1 aromatic carbocycles. The molecule has 4 rings (SSSR count). The minimum Gasteiger partial charge on any atom is -0.472 e. The molecule has 3 aromatic rings. The lowest BCUT2D eigenvalue weighted by Crippen LogP contribution is -2.46.